The third-order valence-electron chi connectivity index (χ3n) is 4.36. The second-order valence-electron chi connectivity index (χ2n) is 6.29. The summed E-state index contributed by atoms with van der Waals surface area (Å²) in [7, 11) is 0. The van der Waals surface area contributed by atoms with Crippen LogP contribution in [0, 0.1) is 0 Å². The monoisotopic (exact) mass is 370 g/mol. The number of rotatable bonds is 5. The Balaban J connectivity index is 1.31. The Hall–Kier alpha value is -3.80. The number of carbonyl (C=O) groups is 2. The molecule has 2 amide bonds. The van der Waals surface area contributed by atoms with E-state index < -0.39 is 0 Å². The van der Waals surface area contributed by atoms with Crippen molar-refractivity contribution in [2.45, 2.75) is 0 Å². The van der Waals surface area contributed by atoms with Crippen LogP contribution >= 0.6 is 0 Å². The van der Waals surface area contributed by atoms with Crippen LogP contribution in [0.4, 0.5) is 0 Å². The van der Waals surface area contributed by atoms with Crippen LogP contribution in [0.3, 0.4) is 0 Å². The number of nitrogens with zero attached hydrogens (tertiary/aromatic N) is 2. The van der Waals surface area contributed by atoms with Crippen molar-refractivity contribution in [2.24, 2.45) is 0 Å². The van der Waals surface area contributed by atoms with Crippen LogP contribution < -0.4 is 10.6 Å². The molecule has 0 fully saturated rings. The molecular weight excluding hydrogens is 352 g/mol. The number of benzene rings is 2. The van der Waals surface area contributed by atoms with Crippen LogP contribution in [-0.2, 0) is 0 Å². The maximum absolute atomic E-state index is 12.3. The Morgan fingerprint density at radius 2 is 1.04 bits per heavy atom. The standard InChI is InChI=1S/C22H18N4O2/c27-21(19-11-9-15-5-1-3-7-17(15)25-19)23-13-14-24-22(28)20-12-10-16-6-2-4-8-18(16)26-20/h1-12H,13-14H2,(H,23,27)(H,24,28). The van der Waals surface area contributed by atoms with E-state index >= 15 is 0 Å². The molecule has 2 aromatic carbocycles. The quantitative estimate of drug-likeness (QED) is 0.529. The van der Waals surface area contributed by atoms with Crippen molar-refractivity contribution in [3.8, 4) is 0 Å². The van der Waals surface area contributed by atoms with Crippen molar-refractivity contribution in [3.05, 3.63) is 84.2 Å². The maximum Gasteiger partial charge on any atom is 0.269 e. The number of pyridine rings is 2. The van der Waals surface area contributed by atoms with Gasteiger partial charge >= 0.3 is 0 Å². The highest BCUT2D eigenvalue weighted by Gasteiger charge is 2.10. The van der Waals surface area contributed by atoms with Gasteiger partial charge in [-0.05, 0) is 24.3 Å². The molecule has 28 heavy (non-hydrogen) atoms. The van der Waals surface area contributed by atoms with Gasteiger partial charge in [-0.25, -0.2) is 9.97 Å². The first-order valence-electron chi connectivity index (χ1n) is 8.99. The Labute approximate surface area is 161 Å². The number of hydrogen-bond donors (Lipinski definition) is 2. The van der Waals surface area contributed by atoms with Crippen molar-refractivity contribution in [1.82, 2.24) is 20.6 Å². The molecule has 4 rings (SSSR count). The first-order chi connectivity index (χ1) is 13.7. The second kappa shape index (κ2) is 7.84. The van der Waals surface area contributed by atoms with Gasteiger partial charge in [-0.2, -0.15) is 0 Å². The molecule has 0 aliphatic heterocycles. The van der Waals surface area contributed by atoms with Crippen molar-refractivity contribution in [2.75, 3.05) is 13.1 Å². The fourth-order valence-electron chi connectivity index (χ4n) is 2.92. The molecule has 6 heteroatoms. The van der Waals surface area contributed by atoms with Crippen LogP contribution in [-0.4, -0.2) is 34.9 Å². The van der Waals surface area contributed by atoms with Gasteiger partial charge in [0.25, 0.3) is 11.8 Å². The average Bonchev–Trinajstić information content (AvgIpc) is 2.75. The molecule has 0 aliphatic carbocycles. The summed E-state index contributed by atoms with van der Waals surface area (Å²) >= 11 is 0. The van der Waals surface area contributed by atoms with Crippen LogP contribution in [0.25, 0.3) is 21.8 Å². The predicted octanol–water partition coefficient (Wildman–Crippen LogP) is 2.94. The van der Waals surface area contributed by atoms with E-state index in [2.05, 4.69) is 20.6 Å². The Bertz CT molecular complexity index is 1080. The largest absolute Gasteiger partial charge is 0.349 e. The minimum atomic E-state index is -0.274. The van der Waals surface area contributed by atoms with Crippen LogP contribution in [0.15, 0.2) is 72.8 Å². The van der Waals surface area contributed by atoms with Gasteiger partial charge in [0.1, 0.15) is 11.4 Å². The number of hydrogen-bond acceptors (Lipinski definition) is 4. The SMILES string of the molecule is O=C(NCCNC(=O)c1ccc2ccccc2n1)c1ccc2ccccc2n1. The molecule has 0 bridgehead atoms. The van der Waals surface area contributed by atoms with E-state index in [1.807, 2.05) is 60.7 Å². The molecule has 0 aliphatic rings. The zero-order valence-corrected chi connectivity index (χ0v) is 15.1. The first-order valence-corrected chi connectivity index (χ1v) is 8.99. The van der Waals surface area contributed by atoms with E-state index in [-0.39, 0.29) is 11.8 Å². The zero-order valence-electron chi connectivity index (χ0n) is 15.1. The number of fused-ring (bicyclic) bond motifs is 2. The summed E-state index contributed by atoms with van der Waals surface area (Å²) in [5, 5.41) is 7.49. The van der Waals surface area contributed by atoms with E-state index in [0.717, 1.165) is 21.8 Å². The molecule has 0 saturated carbocycles. The average molecular weight is 370 g/mol. The van der Waals surface area contributed by atoms with Gasteiger partial charge in [0.15, 0.2) is 0 Å². The fraction of sp³-hybridized carbons (Fsp3) is 0.0909. The van der Waals surface area contributed by atoms with Crippen LogP contribution in [0.5, 0.6) is 0 Å². The molecule has 138 valence electrons. The highest BCUT2D eigenvalue weighted by Crippen LogP contribution is 2.12. The summed E-state index contributed by atoms with van der Waals surface area (Å²) in [5.74, 6) is -0.548. The number of carbonyl (C=O) groups excluding carboxylic acids is 2. The van der Waals surface area contributed by atoms with Crippen molar-refractivity contribution < 1.29 is 9.59 Å². The lowest BCUT2D eigenvalue weighted by Gasteiger charge is -2.08. The maximum atomic E-state index is 12.3. The zero-order chi connectivity index (χ0) is 19.3. The first kappa shape index (κ1) is 17.6. The Kier molecular flexibility index (Phi) is 4.93. The van der Waals surface area contributed by atoms with Gasteiger partial charge in [0.2, 0.25) is 0 Å². The summed E-state index contributed by atoms with van der Waals surface area (Å²) in [5.41, 5.74) is 2.24. The molecule has 6 nitrogen and oxygen atoms in total. The molecule has 2 heterocycles. The third-order valence-corrected chi connectivity index (χ3v) is 4.36. The van der Waals surface area contributed by atoms with Gasteiger partial charge in [0, 0.05) is 23.9 Å². The summed E-state index contributed by atoms with van der Waals surface area (Å²) in [4.78, 5) is 33.2. The lowest BCUT2D eigenvalue weighted by atomic mass is 10.2. The summed E-state index contributed by atoms with van der Waals surface area (Å²) in [6, 6.07) is 22.3. The number of nitrogens with one attached hydrogen (secondary N) is 2. The van der Waals surface area contributed by atoms with Gasteiger partial charge in [0.05, 0.1) is 11.0 Å². The molecule has 0 unspecified atom stereocenters. The van der Waals surface area contributed by atoms with Crippen molar-refractivity contribution in [3.63, 3.8) is 0 Å². The molecule has 0 atom stereocenters. The molecule has 0 saturated heterocycles. The van der Waals surface area contributed by atoms with Gasteiger partial charge in [-0.15, -0.1) is 0 Å². The summed E-state index contributed by atoms with van der Waals surface area (Å²) in [6.07, 6.45) is 0. The number of aromatic nitrogens is 2. The minimum Gasteiger partial charge on any atom is -0.349 e. The van der Waals surface area contributed by atoms with Crippen molar-refractivity contribution >= 4 is 33.6 Å². The van der Waals surface area contributed by atoms with E-state index in [9.17, 15) is 9.59 Å². The highest BCUT2D eigenvalue weighted by atomic mass is 16.2. The predicted molar refractivity (Wildman–Crippen MR) is 108 cm³/mol. The van der Waals surface area contributed by atoms with Crippen LogP contribution in [0.1, 0.15) is 21.0 Å². The minimum absolute atomic E-state index is 0.274. The van der Waals surface area contributed by atoms with E-state index in [0.29, 0.717) is 24.5 Å². The molecule has 4 aromatic rings. The van der Waals surface area contributed by atoms with Gasteiger partial charge in [-0.1, -0.05) is 48.5 Å². The van der Waals surface area contributed by atoms with E-state index in [4.69, 9.17) is 0 Å². The topological polar surface area (TPSA) is 84.0 Å². The van der Waals surface area contributed by atoms with Gasteiger partial charge < -0.3 is 10.6 Å². The number of para-hydroxylation sites is 2. The fourth-order valence-corrected chi connectivity index (χ4v) is 2.92. The van der Waals surface area contributed by atoms with E-state index in [1.54, 1.807) is 12.1 Å². The third kappa shape index (κ3) is 3.81. The highest BCUT2D eigenvalue weighted by molar-refractivity contribution is 5.96. The Morgan fingerprint density at radius 3 is 1.50 bits per heavy atom. The smallest absolute Gasteiger partial charge is 0.269 e. The molecule has 0 radical (unpaired) electrons. The van der Waals surface area contributed by atoms with E-state index in [1.165, 1.54) is 0 Å². The molecular formula is C22H18N4O2. The van der Waals surface area contributed by atoms with Crippen molar-refractivity contribution in [1.29, 1.82) is 0 Å². The number of amides is 2. The summed E-state index contributed by atoms with van der Waals surface area (Å²) < 4.78 is 0. The van der Waals surface area contributed by atoms with Crippen LogP contribution in [0.2, 0.25) is 0 Å². The molecule has 2 aromatic heterocycles. The Morgan fingerprint density at radius 1 is 0.607 bits per heavy atom. The van der Waals surface area contributed by atoms with Gasteiger partial charge in [-0.3, -0.25) is 9.59 Å². The normalized spacial score (nSPS) is 10.7. The second-order valence-corrected chi connectivity index (χ2v) is 6.29. The molecule has 0 spiro atoms. The summed E-state index contributed by atoms with van der Waals surface area (Å²) in [6.45, 7) is 0.597. The molecule has 2 N–H and O–H groups in total. The lowest BCUT2D eigenvalue weighted by molar-refractivity contribution is 0.0923. The lowest BCUT2D eigenvalue weighted by Crippen LogP contribution is -2.35.